The summed E-state index contributed by atoms with van der Waals surface area (Å²) in [6.45, 7) is 8.33. The van der Waals surface area contributed by atoms with Crippen LogP contribution in [0.4, 0.5) is 0 Å². The molecule has 0 aromatic carbocycles. The standard InChI is InChI=1S/C16H23N3OS2/c1-11-12(2)22-16-14(11)15(21-9-8-20-3)17-13(18-16)10-19-6-4-5-7-19/h4-10H2,1-3H3. The Morgan fingerprint density at radius 2 is 2.00 bits per heavy atom. The largest absolute Gasteiger partial charge is 0.384 e. The molecule has 0 spiro atoms. The summed E-state index contributed by atoms with van der Waals surface area (Å²) in [5.74, 6) is 1.90. The molecule has 2 aromatic rings. The number of ether oxygens (including phenoxy) is 1. The van der Waals surface area contributed by atoms with Crippen LogP contribution >= 0.6 is 23.1 Å². The van der Waals surface area contributed by atoms with Crippen LogP contribution in [-0.4, -0.2) is 47.4 Å². The maximum absolute atomic E-state index is 5.18. The van der Waals surface area contributed by atoms with E-state index in [0.717, 1.165) is 34.6 Å². The highest BCUT2D eigenvalue weighted by Gasteiger charge is 2.18. The topological polar surface area (TPSA) is 38.2 Å². The highest BCUT2D eigenvalue weighted by molar-refractivity contribution is 7.99. The third kappa shape index (κ3) is 3.45. The van der Waals surface area contributed by atoms with Crippen molar-refractivity contribution in [3.8, 4) is 0 Å². The third-order valence-corrected chi connectivity index (χ3v) is 6.17. The van der Waals surface area contributed by atoms with E-state index in [1.807, 2.05) is 0 Å². The highest BCUT2D eigenvalue weighted by Crippen LogP contribution is 2.35. The fourth-order valence-corrected chi connectivity index (χ4v) is 4.91. The van der Waals surface area contributed by atoms with E-state index in [9.17, 15) is 0 Å². The van der Waals surface area contributed by atoms with Gasteiger partial charge in [0.1, 0.15) is 15.7 Å². The number of likely N-dealkylation sites (tertiary alicyclic amines) is 1. The first-order valence-corrected chi connectivity index (χ1v) is 9.60. The molecule has 2 aromatic heterocycles. The van der Waals surface area contributed by atoms with Crippen molar-refractivity contribution < 1.29 is 4.74 Å². The first-order valence-electron chi connectivity index (χ1n) is 7.79. The van der Waals surface area contributed by atoms with Crippen LogP contribution in [0, 0.1) is 13.8 Å². The van der Waals surface area contributed by atoms with Crippen LogP contribution in [-0.2, 0) is 11.3 Å². The first kappa shape index (κ1) is 16.2. The molecule has 120 valence electrons. The van der Waals surface area contributed by atoms with Gasteiger partial charge in [-0.3, -0.25) is 4.90 Å². The quantitative estimate of drug-likeness (QED) is 0.457. The maximum Gasteiger partial charge on any atom is 0.145 e. The number of hydrogen-bond acceptors (Lipinski definition) is 6. The van der Waals surface area contributed by atoms with Crippen molar-refractivity contribution in [1.82, 2.24) is 14.9 Å². The van der Waals surface area contributed by atoms with Gasteiger partial charge in [-0.25, -0.2) is 9.97 Å². The van der Waals surface area contributed by atoms with Gasteiger partial charge in [0.25, 0.3) is 0 Å². The number of nitrogens with zero attached hydrogens (tertiary/aromatic N) is 3. The predicted octanol–water partition coefficient (Wildman–Crippen LogP) is 3.64. The Morgan fingerprint density at radius 3 is 2.73 bits per heavy atom. The molecule has 1 aliphatic rings. The van der Waals surface area contributed by atoms with E-state index in [4.69, 9.17) is 14.7 Å². The highest BCUT2D eigenvalue weighted by atomic mass is 32.2. The molecular formula is C16H23N3OS2. The summed E-state index contributed by atoms with van der Waals surface area (Å²) in [7, 11) is 1.74. The van der Waals surface area contributed by atoms with E-state index < -0.39 is 0 Å². The molecule has 6 heteroatoms. The van der Waals surface area contributed by atoms with Crippen LogP contribution < -0.4 is 0 Å². The number of rotatable bonds is 6. The van der Waals surface area contributed by atoms with E-state index in [0.29, 0.717) is 0 Å². The summed E-state index contributed by atoms with van der Waals surface area (Å²) < 4.78 is 5.18. The van der Waals surface area contributed by atoms with E-state index in [1.54, 1.807) is 30.2 Å². The summed E-state index contributed by atoms with van der Waals surface area (Å²) in [5.41, 5.74) is 1.33. The maximum atomic E-state index is 5.18. The lowest BCUT2D eigenvalue weighted by molar-refractivity contribution is 0.218. The first-order chi connectivity index (χ1) is 10.7. The summed E-state index contributed by atoms with van der Waals surface area (Å²) >= 11 is 3.58. The van der Waals surface area contributed by atoms with Gasteiger partial charge in [0, 0.05) is 23.1 Å². The lowest BCUT2D eigenvalue weighted by atomic mass is 10.2. The van der Waals surface area contributed by atoms with Crippen molar-refractivity contribution >= 4 is 33.3 Å². The van der Waals surface area contributed by atoms with Crippen molar-refractivity contribution in [3.05, 3.63) is 16.3 Å². The van der Waals surface area contributed by atoms with Crippen molar-refractivity contribution in [2.75, 3.05) is 32.6 Å². The van der Waals surface area contributed by atoms with Gasteiger partial charge in [-0.15, -0.1) is 23.1 Å². The third-order valence-electron chi connectivity index (χ3n) is 4.13. The molecule has 0 unspecified atom stereocenters. The molecule has 0 bridgehead atoms. The van der Waals surface area contributed by atoms with Crippen molar-refractivity contribution in [2.45, 2.75) is 38.3 Å². The van der Waals surface area contributed by atoms with Crippen LogP contribution in [0.15, 0.2) is 5.03 Å². The normalized spacial score (nSPS) is 16.0. The lowest BCUT2D eigenvalue weighted by Crippen LogP contribution is -2.20. The second kappa shape index (κ2) is 7.25. The summed E-state index contributed by atoms with van der Waals surface area (Å²) in [6, 6.07) is 0. The lowest BCUT2D eigenvalue weighted by Gasteiger charge is -2.14. The van der Waals surface area contributed by atoms with Crippen LogP contribution in [0.2, 0.25) is 0 Å². The Bertz CT molecular complexity index is 650. The molecule has 22 heavy (non-hydrogen) atoms. The zero-order valence-electron chi connectivity index (χ0n) is 13.5. The fraction of sp³-hybridized carbons (Fsp3) is 0.625. The molecule has 3 heterocycles. The molecule has 0 radical (unpaired) electrons. The minimum absolute atomic E-state index is 0.750. The number of fused-ring (bicyclic) bond motifs is 1. The van der Waals surface area contributed by atoms with Gasteiger partial charge in [0.15, 0.2) is 0 Å². The second-order valence-corrected chi connectivity index (χ2v) is 8.02. The van der Waals surface area contributed by atoms with Crippen LogP contribution in [0.3, 0.4) is 0 Å². The van der Waals surface area contributed by atoms with Gasteiger partial charge in [-0.1, -0.05) is 0 Å². The fourth-order valence-electron chi connectivity index (χ4n) is 2.79. The van der Waals surface area contributed by atoms with Crippen LogP contribution in [0.1, 0.15) is 29.1 Å². The number of thioether (sulfide) groups is 1. The number of aromatic nitrogens is 2. The molecule has 0 N–H and O–H groups in total. The predicted molar refractivity (Wildman–Crippen MR) is 94.0 cm³/mol. The SMILES string of the molecule is COCCSc1nc(CN2CCCC2)nc2sc(C)c(C)c12. The molecule has 1 aliphatic heterocycles. The Morgan fingerprint density at radius 1 is 1.23 bits per heavy atom. The summed E-state index contributed by atoms with van der Waals surface area (Å²) in [5, 5.41) is 2.37. The van der Waals surface area contributed by atoms with E-state index >= 15 is 0 Å². The van der Waals surface area contributed by atoms with Crippen LogP contribution in [0.5, 0.6) is 0 Å². The van der Waals surface area contributed by atoms with Gasteiger partial charge in [0.05, 0.1) is 13.2 Å². The van der Waals surface area contributed by atoms with E-state index in [1.165, 1.54) is 41.8 Å². The minimum Gasteiger partial charge on any atom is -0.384 e. The Balaban J connectivity index is 1.92. The van der Waals surface area contributed by atoms with E-state index in [2.05, 4.69) is 18.7 Å². The monoisotopic (exact) mass is 337 g/mol. The number of hydrogen-bond donors (Lipinski definition) is 0. The Kier molecular flexibility index (Phi) is 5.33. The van der Waals surface area contributed by atoms with Gasteiger partial charge < -0.3 is 4.74 Å². The molecule has 1 fully saturated rings. The molecule has 1 saturated heterocycles. The molecule has 0 atom stereocenters. The summed E-state index contributed by atoms with van der Waals surface area (Å²) in [6.07, 6.45) is 2.60. The molecule has 0 aliphatic carbocycles. The van der Waals surface area contributed by atoms with E-state index in [-0.39, 0.29) is 0 Å². The molecule has 3 rings (SSSR count). The van der Waals surface area contributed by atoms with Gasteiger partial charge in [-0.05, 0) is 45.3 Å². The molecule has 0 amide bonds. The number of methoxy groups -OCH3 is 1. The summed E-state index contributed by atoms with van der Waals surface area (Å²) in [4.78, 5) is 14.6. The average Bonchev–Trinajstić information content (AvgIpc) is 3.08. The van der Waals surface area contributed by atoms with Gasteiger partial charge >= 0.3 is 0 Å². The zero-order chi connectivity index (χ0) is 15.5. The number of thiophene rings is 1. The molecule has 0 saturated carbocycles. The average molecular weight is 338 g/mol. The van der Waals surface area contributed by atoms with Gasteiger partial charge in [0.2, 0.25) is 0 Å². The molecule has 4 nitrogen and oxygen atoms in total. The van der Waals surface area contributed by atoms with Gasteiger partial charge in [-0.2, -0.15) is 0 Å². The smallest absolute Gasteiger partial charge is 0.145 e. The molecular weight excluding hydrogens is 314 g/mol. The van der Waals surface area contributed by atoms with Crippen molar-refractivity contribution in [2.24, 2.45) is 0 Å². The Hall–Kier alpha value is -0.690. The Labute approximate surface area is 140 Å². The van der Waals surface area contributed by atoms with Crippen molar-refractivity contribution in [3.63, 3.8) is 0 Å². The van der Waals surface area contributed by atoms with Crippen LogP contribution in [0.25, 0.3) is 10.2 Å². The number of aryl methyl sites for hydroxylation is 2. The van der Waals surface area contributed by atoms with Crippen molar-refractivity contribution in [1.29, 1.82) is 0 Å². The minimum atomic E-state index is 0.750. The second-order valence-electron chi connectivity index (χ2n) is 5.73. The zero-order valence-corrected chi connectivity index (χ0v) is 15.1.